The molecule has 0 spiro atoms. The minimum absolute atomic E-state index is 0.0972. The van der Waals surface area contributed by atoms with Gasteiger partial charge in [0.2, 0.25) is 11.8 Å². The lowest BCUT2D eigenvalue weighted by Gasteiger charge is -2.31. The van der Waals surface area contributed by atoms with Crippen molar-refractivity contribution >= 4 is 24.0 Å². The molecule has 7 atom stereocenters. The van der Waals surface area contributed by atoms with Crippen LogP contribution in [0, 0.1) is 17.8 Å². The van der Waals surface area contributed by atoms with Crippen LogP contribution in [0.1, 0.15) is 210 Å². The minimum Gasteiger partial charge on any atom is -0.444 e. The lowest BCUT2D eigenvalue weighted by Crippen LogP contribution is -2.52. The molecule has 1 saturated carbocycles. The van der Waals surface area contributed by atoms with Crippen LogP contribution in [0.4, 0.5) is 9.59 Å². The fourth-order valence-electron chi connectivity index (χ4n) is 11.7. The smallest absolute Gasteiger partial charge is 0.408 e. The topological polar surface area (TPSA) is 187 Å². The van der Waals surface area contributed by atoms with Crippen LogP contribution in [0.3, 0.4) is 0 Å². The second-order valence-electron chi connectivity index (χ2n) is 22.9. The molecule has 15 heteroatoms. The molecule has 1 aromatic carbocycles. The number of carbonyl (C=O) groups is 4. The Bertz CT molecular complexity index is 2280. The summed E-state index contributed by atoms with van der Waals surface area (Å²) in [6.07, 6.45) is 12.6. The van der Waals surface area contributed by atoms with E-state index in [0.717, 1.165) is 87.2 Å². The number of imidazole rings is 2. The SMILES string of the molecule is CC1CC2NC(C1)c1c(C3CCC(c4cnc([C@@H]5CCCN5C(=O)[C@@H](NC(=O)OC(C)(C)C)C(C)C)[nH]4)CC3)ccc(-c3cnc(C4CCCN4C(=O)C(NC(=O)OC(C)(C)C)C(C)C)[nH]3)c12. The molecule has 4 amide bonds. The van der Waals surface area contributed by atoms with Gasteiger partial charge in [0, 0.05) is 48.5 Å². The largest absolute Gasteiger partial charge is 0.444 e. The van der Waals surface area contributed by atoms with Crippen molar-refractivity contribution in [1.82, 2.24) is 45.7 Å². The molecule has 6 heterocycles. The van der Waals surface area contributed by atoms with Gasteiger partial charge in [-0.3, -0.25) is 9.59 Å². The van der Waals surface area contributed by atoms with Crippen molar-refractivity contribution < 1.29 is 28.7 Å². The van der Waals surface area contributed by atoms with E-state index < -0.39 is 35.5 Å². The Hall–Kier alpha value is -4.92. The molecule has 1 aliphatic carbocycles. The summed E-state index contributed by atoms with van der Waals surface area (Å²) in [6, 6.07) is 3.51. The highest BCUT2D eigenvalue weighted by atomic mass is 16.6. The molecule has 67 heavy (non-hydrogen) atoms. The molecule has 5 aliphatic rings. The Morgan fingerprint density at radius 3 is 1.69 bits per heavy atom. The lowest BCUT2D eigenvalue weighted by atomic mass is 9.75. The Balaban J connectivity index is 0.959. The predicted molar refractivity (Wildman–Crippen MR) is 257 cm³/mol. The Kier molecular flexibility index (Phi) is 13.9. The fourth-order valence-corrected chi connectivity index (χ4v) is 11.7. The number of benzene rings is 1. The van der Waals surface area contributed by atoms with E-state index in [0.29, 0.717) is 36.9 Å². The number of likely N-dealkylation sites (tertiary alicyclic amines) is 2. The van der Waals surface area contributed by atoms with Gasteiger partial charge in [-0.1, -0.05) is 46.8 Å². The number of amides is 4. The van der Waals surface area contributed by atoms with Crippen LogP contribution < -0.4 is 16.0 Å². The summed E-state index contributed by atoms with van der Waals surface area (Å²) < 4.78 is 11.0. The zero-order chi connectivity index (χ0) is 48.1. The first-order valence-corrected chi connectivity index (χ1v) is 25.3. The summed E-state index contributed by atoms with van der Waals surface area (Å²) in [7, 11) is 0. The van der Waals surface area contributed by atoms with Crippen LogP contribution >= 0.6 is 0 Å². The molecular formula is C52H77N9O6. The highest BCUT2D eigenvalue weighted by Gasteiger charge is 2.43. The highest BCUT2D eigenvalue weighted by Crippen LogP contribution is 2.53. The molecule has 0 radical (unpaired) electrons. The van der Waals surface area contributed by atoms with Crippen molar-refractivity contribution in [2.45, 2.75) is 200 Å². The summed E-state index contributed by atoms with van der Waals surface area (Å²) in [6.45, 7) is 22.3. The van der Waals surface area contributed by atoms with E-state index in [9.17, 15) is 19.2 Å². The third-order valence-electron chi connectivity index (χ3n) is 14.7. The number of fused-ring (bicyclic) bond motifs is 5. The zero-order valence-electron chi connectivity index (χ0n) is 41.9. The number of alkyl carbamates (subject to hydrolysis) is 2. The van der Waals surface area contributed by atoms with Gasteiger partial charge in [0.25, 0.3) is 0 Å². The second kappa shape index (κ2) is 19.2. The molecule has 8 rings (SSSR count). The number of aromatic amines is 2. The Morgan fingerprint density at radius 1 is 0.672 bits per heavy atom. The van der Waals surface area contributed by atoms with Crippen LogP contribution in [-0.4, -0.2) is 90.1 Å². The number of nitrogens with one attached hydrogen (secondary N) is 5. The van der Waals surface area contributed by atoms with E-state index in [-0.39, 0.29) is 41.8 Å². The number of H-pyrrole nitrogens is 2. The number of nitrogens with zero attached hydrogens (tertiary/aromatic N) is 4. The average Bonchev–Trinajstić information content (AvgIpc) is 4.10. The van der Waals surface area contributed by atoms with Crippen LogP contribution in [-0.2, 0) is 19.1 Å². The van der Waals surface area contributed by atoms with Crippen LogP contribution in [0.2, 0.25) is 0 Å². The Labute approximate surface area is 397 Å². The number of rotatable bonds is 11. The highest BCUT2D eigenvalue weighted by molar-refractivity contribution is 5.87. The standard InChI is InChI=1S/C52H77N9O6/c1-28(2)43(58-49(64)66-51(6,7)8)47(62)60-22-12-14-39(60)45-53-26-37(56-45)32-18-16-31(17-19-32)33-20-21-34(42-36-25-30(5)24-35(55-36)41(33)42)38-27-54-46(57-38)40-15-13-23-61(40)48(63)44(29(3)4)59-50(65)67-52(9,10)11/h20-21,26-32,35-36,39-40,43-44,55H,12-19,22-25H2,1-11H3,(H,53,56)(H,54,57)(H,58,64)(H,59,65)/t30?,31?,32?,35?,36?,39-,40?,43-,44?/m0/s1. The molecular weight excluding hydrogens is 847 g/mol. The number of hydrogen-bond acceptors (Lipinski definition) is 9. The van der Waals surface area contributed by atoms with Crippen LogP contribution in [0.5, 0.6) is 0 Å². The molecule has 2 aromatic heterocycles. The first-order valence-electron chi connectivity index (χ1n) is 25.3. The van der Waals surface area contributed by atoms with E-state index in [1.54, 1.807) is 0 Å². The Morgan fingerprint density at radius 2 is 1.16 bits per heavy atom. The molecule has 4 aliphatic heterocycles. The van der Waals surface area contributed by atoms with Crippen molar-refractivity contribution in [1.29, 1.82) is 0 Å². The summed E-state index contributed by atoms with van der Waals surface area (Å²) in [5.74, 6) is 2.59. The molecule has 3 aromatic rings. The van der Waals surface area contributed by atoms with Gasteiger partial charge >= 0.3 is 12.2 Å². The van der Waals surface area contributed by atoms with E-state index in [4.69, 9.17) is 19.4 Å². The van der Waals surface area contributed by atoms with Crippen molar-refractivity contribution in [2.75, 3.05) is 13.1 Å². The summed E-state index contributed by atoms with van der Waals surface area (Å²) >= 11 is 0. The van der Waals surface area contributed by atoms with Gasteiger partial charge in [-0.2, -0.15) is 0 Å². The summed E-state index contributed by atoms with van der Waals surface area (Å²) in [5, 5.41) is 9.73. The van der Waals surface area contributed by atoms with E-state index >= 15 is 0 Å². The van der Waals surface area contributed by atoms with Crippen LogP contribution in [0.15, 0.2) is 24.5 Å². The minimum atomic E-state index is -0.708. The normalized spacial score (nSPS) is 26.1. The number of aromatic nitrogens is 4. The molecule has 2 bridgehead atoms. The number of hydrogen-bond donors (Lipinski definition) is 5. The number of piperidine rings is 1. The van der Waals surface area contributed by atoms with E-state index in [2.05, 4.69) is 45.0 Å². The molecule has 366 valence electrons. The van der Waals surface area contributed by atoms with Gasteiger partial charge in [0.05, 0.1) is 24.0 Å². The van der Waals surface area contributed by atoms with E-state index in [1.165, 1.54) is 22.3 Å². The maximum absolute atomic E-state index is 14.1. The molecule has 5 N–H and O–H groups in total. The predicted octanol–water partition coefficient (Wildman–Crippen LogP) is 9.78. The van der Waals surface area contributed by atoms with Crippen molar-refractivity contribution in [3.63, 3.8) is 0 Å². The first kappa shape index (κ1) is 48.5. The maximum Gasteiger partial charge on any atom is 0.408 e. The summed E-state index contributed by atoms with van der Waals surface area (Å²) in [4.78, 5) is 74.6. The third kappa shape index (κ3) is 10.6. The quantitative estimate of drug-likeness (QED) is 0.125. The number of ether oxygens (including phenoxy) is 2. The lowest BCUT2D eigenvalue weighted by molar-refractivity contribution is -0.136. The zero-order valence-corrected chi connectivity index (χ0v) is 41.9. The monoisotopic (exact) mass is 924 g/mol. The molecule has 5 unspecified atom stereocenters. The molecule has 4 fully saturated rings. The van der Waals surface area contributed by atoms with Crippen molar-refractivity contribution in [3.05, 3.63) is 58.6 Å². The van der Waals surface area contributed by atoms with Crippen molar-refractivity contribution in [3.8, 4) is 11.3 Å². The number of carbonyl (C=O) groups excluding carboxylic acids is 4. The van der Waals surface area contributed by atoms with Gasteiger partial charge < -0.3 is 45.2 Å². The van der Waals surface area contributed by atoms with Gasteiger partial charge in [0.15, 0.2) is 0 Å². The first-order chi connectivity index (χ1) is 31.7. The van der Waals surface area contributed by atoms with Crippen molar-refractivity contribution in [2.24, 2.45) is 17.8 Å². The molecule has 15 nitrogen and oxygen atoms in total. The van der Waals surface area contributed by atoms with Gasteiger partial charge in [-0.05, 0) is 146 Å². The second-order valence-corrected chi connectivity index (χ2v) is 22.9. The summed E-state index contributed by atoms with van der Waals surface area (Å²) in [5.41, 5.74) is 6.34. The van der Waals surface area contributed by atoms with Gasteiger partial charge in [-0.15, -0.1) is 0 Å². The van der Waals surface area contributed by atoms with Gasteiger partial charge in [-0.25, -0.2) is 19.6 Å². The average molecular weight is 924 g/mol. The maximum atomic E-state index is 14.1. The van der Waals surface area contributed by atoms with Crippen LogP contribution in [0.25, 0.3) is 11.3 Å². The molecule has 3 saturated heterocycles. The van der Waals surface area contributed by atoms with E-state index in [1.807, 2.05) is 91.4 Å². The van der Waals surface area contributed by atoms with Gasteiger partial charge in [0.1, 0.15) is 34.9 Å². The fraction of sp³-hybridized carbons (Fsp3) is 0.692. The third-order valence-corrected chi connectivity index (χ3v) is 14.7.